The van der Waals surface area contributed by atoms with E-state index in [4.69, 9.17) is 0 Å². The Morgan fingerprint density at radius 2 is 2.18 bits per heavy atom. The highest BCUT2D eigenvalue weighted by Gasteiger charge is 2.05. The predicted molar refractivity (Wildman–Crippen MR) is 35.3 cm³/mol. The van der Waals surface area contributed by atoms with E-state index in [2.05, 4.69) is 19.4 Å². The molecule has 1 rings (SSSR count). The van der Waals surface area contributed by atoms with E-state index in [9.17, 15) is 8.42 Å². The van der Waals surface area contributed by atoms with Crippen molar-refractivity contribution < 1.29 is 12.6 Å². The number of aromatic nitrogens is 3. The van der Waals surface area contributed by atoms with Crippen LogP contribution in [-0.2, 0) is 10.1 Å². The molecule has 0 N–H and O–H groups in total. The van der Waals surface area contributed by atoms with Crippen LogP contribution in [-0.4, -0.2) is 29.9 Å². The standard InChI is InChI=1S/C4H5N3O3S/c1-11(8,9)10-4-5-2-3-6-7-4/h2-3H,1H3. The van der Waals surface area contributed by atoms with Crippen molar-refractivity contribution in [3.05, 3.63) is 12.4 Å². The molecule has 0 spiro atoms. The molecule has 0 saturated heterocycles. The summed E-state index contributed by atoms with van der Waals surface area (Å²) in [5, 5.41) is 6.67. The Balaban J connectivity index is 2.82. The number of hydrogen-bond acceptors (Lipinski definition) is 6. The minimum Gasteiger partial charge on any atom is -0.342 e. The van der Waals surface area contributed by atoms with Crippen molar-refractivity contribution in [3.63, 3.8) is 0 Å². The van der Waals surface area contributed by atoms with Crippen LogP contribution in [0.2, 0.25) is 0 Å². The summed E-state index contributed by atoms with van der Waals surface area (Å²) in [6.07, 6.45) is 3.51. The van der Waals surface area contributed by atoms with Gasteiger partial charge in [-0.1, -0.05) is 5.10 Å². The van der Waals surface area contributed by atoms with Crippen LogP contribution in [0.4, 0.5) is 0 Å². The third-order valence-corrected chi connectivity index (χ3v) is 1.14. The molecule has 11 heavy (non-hydrogen) atoms. The van der Waals surface area contributed by atoms with Crippen molar-refractivity contribution in [3.8, 4) is 6.01 Å². The summed E-state index contributed by atoms with van der Waals surface area (Å²) >= 11 is 0. The molecule has 1 aromatic heterocycles. The first-order valence-electron chi connectivity index (χ1n) is 2.61. The highest BCUT2D eigenvalue weighted by atomic mass is 32.2. The maximum atomic E-state index is 10.5. The smallest absolute Gasteiger partial charge is 0.342 e. The van der Waals surface area contributed by atoms with Gasteiger partial charge in [0.15, 0.2) is 0 Å². The van der Waals surface area contributed by atoms with Crippen LogP contribution in [0.15, 0.2) is 12.4 Å². The van der Waals surface area contributed by atoms with E-state index in [1.54, 1.807) is 0 Å². The largest absolute Gasteiger partial charge is 0.351 e. The van der Waals surface area contributed by atoms with Crippen LogP contribution >= 0.6 is 0 Å². The molecule has 0 aromatic carbocycles. The number of rotatable bonds is 2. The minimum atomic E-state index is -3.54. The van der Waals surface area contributed by atoms with Crippen LogP contribution in [0.5, 0.6) is 6.01 Å². The van der Waals surface area contributed by atoms with Gasteiger partial charge in [0.2, 0.25) is 0 Å². The van der Waals surface area contributed by atoms with Crippen molar-refractivity contribution in [1.29, 1.82) is 0 Å². The Bertz CT molecular complexity index is 322. The van der Waals surface area contributed by atoms with Gasteiger partial charge in [-0.3, -0.25) is 0 Å². The number of nitrogens with zero attached hydrogens (tertiary/aromatic N) is 3. The summed E-state index contributed by atoms with van der Waals surface area (Å²) in [6.45, 7) is 0. The summed E-state index contributed by atoms with van der Waals surface area (Å²) in [4.78, 5) is 3.49. The Labute approximate surface area is 63.4 Å². The molecule has 1 heterocycles. The average Bonchev–Trinajstić information content (AvgIpc) is 1.85. The lowest BCUT2D eigenvalue weighted by Gasteiger charge is -1.96. The molecule has 0 aliphatic heterocycles. The van der Waals surface area contributed by atoms with Gasteiger partial charge in [0, 0.05) is 0 Å². The van der Waals surface area contributed by atoms with E-state index in [1.807, 2.05) is 0 Å². The molecular formula is C4H5N3O3S. The Morgan fingerprint density at radius 3 is 2.64 bits per heavy atom. The van der Waals surface area contributed by atoms with Gasteiger partial charge in [-0.25, -0.2) is 0 Å². The van der Waals surface area contributed by atoms with Gasteiger partial charge in [-0.05, 0) is 0 Å². The molecule has 7 heteroatoms. The third kappa shape index (κ3) is 2.89. The van der Waals surface area contributed by atoms with E-state index >= 15 is 0 Å². The third-order valence-electron chi connectivity index (χ3n) is 0.688. The van der Waals surface area contributed by atoms with Crippen molar-refractivity contribution in [2.75, 3.05) is 6.26 Å². The fourth-order valence-corrected chi connectivity index (χ4v) is 0.756. The van der Waals surface area contributed by atoms with Crippen molar-refractivity contribution >= 4 is 10.1 Å². The van der Waals surface area contributed by atoms with Crippen LogP contribution < -0.4 is 4.18 Å². The Morgan fingerprint density at radius 1 is 1.45 bits per heavy atom. The zero-order valence-electron chi connectivity index (χ0n) is 5.63. The molecule has 6 nitrogen and oxygen atoms in total. The number of hydrogen-bond donors (Lipinski definition) is 0. The summed E-state index contributed by atoms with van der Waals surface area (Å²) in [7, 11) is -3.54. The van der Waals surface area contributed by atoms with Gasteiger partial charge >= 0.3 is 16.1 Å². The maximum absolute atomic E-state index is 10.5. The molecule has 0 aliphatic rings. The summed E-state index contributed by atoms with van der Waals surface area (Å²) in [5.74, 6) is 0. The van der Waals surface area contributed by atoms with Crippen LogP contribution in [0.3, 0.4) is 0 Å². The molecule has 0 fully saturated rings. The normalized spacial score (nSPS) is 11.0. The second-order valence-corrected chi connectivity index (χ2v) is 3.29. The zero-order chi connectivity index (χ0) is 8.32. The van der Waals surface area contributed by atoms with Gasteiger partial charge in [0.05, 0.1) is 18.6 Å². The fraction of sp³-hybridized carbons (Fsp3) is 0.250. The van der Waals surface area contributed by atoms with E-state index in [1.165, 1.54) is 12.4 Å². The topological polar surface area (TPSA) is 82.0 Å². The van der Waals surface area contributed by atoms with Crippen LogP contribution in [0.1, 0.15) is 0 Å². The monoisotopic (exact) mass is 175 g/mol. The molecule has 0 radical (unpaired) electrons. The first kappa shape index (κ1) is 7.86. The molecule has 0 unspecified atom stereocenters. The van der Waals surface area contributed by atoms with Crippen molar-refractivity contribution in [2.24, 2.45) is 0 Å². The summed E-state index contributed by atoms with van der Waals surface area (Å²) in [5.41, 5.74) is 0. The molecular weight excluding hydrogens is 170 g/mol. The summed E-state index contributed by atoms with van der Waals surface area (Å²) < 4.78 is 25.2. The van der Waals surface area contributed by atoms with Crippen molar-refractivity contribution in [2.45, 2.75) is 0 Å². The van der Waals surface area contributed by atoms with Gasteiger partial charge in [-0.15, -0.1) is 0 Å². The Kier molecular flexibility index (Phi) is 1.99. The average molecular weight is 175 g/mol. The van der Waals surface area contributed by atoms with E-state index in [0.717, 1.165) is 6.26 Å². The molecule has 0 atom stereocenters. The lowest BCUT2D eigenvalue weighted by molar-refractivity contribution is 0.464. The van der Waals surface area contributed by atoms with E-state index in [0.29, 0.717) is 0 Å². The summed E-state index contributed by atoms with van der Waals surface area (Å²) in [6, 6.07) is -0.269. The van der Waals surface area contributed by atoms with Gasteiger partial charge in [0.25, 0.3) is 0 Å². The van der Waals surface area contributed by atoms with Gasteiger partial charge < -0.3 is 4.18 Å². The van der Waals surface area contributed by atoms with E-state index in [-0.39, 0.29) is 6.01 Å². The minimum absolute atomic E-state index is 0.269. The second-order valence-electron chi connectivity index (χ2n) is 1.71. The van der Waals surface area contributed by atoms with Gasteiger partial charge in [0.1, 0.15) is 0 Å². The van der Waals surface area contributed by atoms with Gasteiger partial charge in [-0.2, -0.15) is 18.5 Å². The fourth-order valence-electron chi connectivity index (χ4n) is 0.409. The molecule has 0 amide bonds. The lowest BCUT2D eigenvalue weighted by atomic mass is 10.9. The SMILES string of the molecule is CS(=O)(=O)Oc1nccnn1. The highest BCUT2D eigenvalue weighted by molar-refractivity contribution is 7.86. The highest BCUT2D eigenvalue weighted by Crippen LogP contribution is 1.98. The quantitative estimate of drug-likeness (QED) is 0.548. The lowest BCUT2D eigenvalue weighted by Crippen LogP contribution is -2.08. The molecule has 1 aromatic rings. The molecule has 0 bridgehead atoms. The molecule has 0 aliphatic carbocycles. The van der Waals surface area contributed by atoms with Crippen molar-refractivity contribution in [1.82, 2.24) is 15.2 Å². The first-order chi connectivity index (χ1) is 5.08. The Hall–Kier alpha value is -1.24. The molecule has 0 saturated carbocycles. The van der Waals surface area contributed by atoms with Crippen LogP contribution in [0.25, 0.3) is 0 Å². The molecule has 60 valence electrons. The first-order valence-corrected chi connectivity index (χ1v) is 4.43. The second kappa shape index (κ2) is 2.79. The maximum Gasteiger partial charge on any atom is 0.351 e. The predicted octanol–water partition coefficient (Wildman–Crippen LogP) is -0.790. The zero-order valence-corrected chi connectivity index (χ0v) is 6.45. The van der Waals surface area contributed by atoms with Crippen LogP contribution in [0, 0.1) is 0 Å². The van der Waals surface area contributed by atoms with E-state index < -0.39 is 10.1 Å².